The average Bonchev–Trinajstić information content (AvgIpc) is 3.23. The maximum atomic E-state index is 14.3. The number of primary amides is 1. The minimum Gasteiger partial charge on any atom is -0.366 e. The summed E-state index contributed by atoms with van der Waals surface area (Å²) in [6.07, 6.45) is 6.69. The average molecular weight is 445 g/mol. The van der Waals surface area contributed by atoms with Crippen LogP contribution in [0, 0.1) is 11.8 Å². The monoisotopic (exact) mass is 444 g/mol. The van der Waals surface area contributed by atoms with Crippen LogP contribution in [-0.2, 0) is 9.59 Å². The number of allylic oxidation sites excluding steroid dienone is 3. The lowest BCUT2D eigenvalue weighted by atomic mass is 9.87. The highest BCUT2D eigenvalue weighted by molar-refractivity contribution is 6.31. The van der Waals surface area contributed by atoms with Gasteiger partial charge in [0.05, 0.1) is 11.1 Å². The van der Waals surface area contributed by atoms with Gasteiger partial charge in [-0.1, -0.05) is 70.4 Å². The summed E-state index contributed by atoms with van der Waals surface area (Å²) in [6, 6.07) is -0.786. The summed E-state index contributed by atoms with van der Waals surface area (Å²) in [5.74, 6) is -2.54. The van der Waals surface area contributed by atoms with Gasteiger partial charge in [0.25, 0.3) is 0 Å². The predicted octanol–water partition coefficient (Wildman–Crippen LogP) is 5.99. The van der Waals surface area contributed by atoms with E-state index in [-0.39, 0.29) is 34.3 Å². The second-order valence-corrected chi connectivity index (χ2v) is 7.87. The fraction of sp³-hybridized carbons (Fsp3) is 0.565. The molecule has 30 heavy (non-hydrogen) atoms. The van der Waals surface area contributed by atoms with Crippen LogP contribution in [0.25, 0.3) is 0 Å². The number of nitrogens with one attached hydrogen (secondary N) is 1. The van der Waals surface area contributed by atoms with Crippen molar-refractivity contribution in [3.8, 4) is 0 Å². The molecule has 0 bridgehead atoms. The van der Waals surface area contributed by atoms with E-state index in [4.69, 9.17) is 17.3 Å². The van der Waals surface area contributed by atoms with Gasteiger partial charge in [-0.3, -0.25) is 9.59 Å². The lowest BCUT2D eigenvalue weighted by Crippen LogP contribution is -2.44. The van der Waals surface area contributed by atoms with E-state index < -0.39 is 17.7 Å². The number of hydrogen-bond acceptors (Lipinski definition) is 2. The smallest absolute Gasteiger partial charge is 0.243 e. The lowest BCUT2D eigenvalue weighted by Gasteiger charge is -2.29. The molecule has 0 saturated heterocycles. The molecule has 0 radical (unpaired) electrons. The first-order chi connectivity index (χ1) is 14.0. The lowest BCUT2D eigenvalue weighted by molar-refractivity contribution is -0.125. The van der Waals surface area contributed by atoms with Crippen molar-refractivity contribution in [3.63, 3.8) is 0 Å². The Kier molecular flexibility index (Phi) is 13.2. The molecule has 2 amide bonds. The van der Waals surface area contributed by atoms with Crippen molar-refractivity contribution < 1.29 is 18.4 Å². The fourth-order valence-electron chi connectivity index (χ4n) is 3.36. The van der Waals surface area contributed by atoms with Crippen LogP contribution in [0.15, 0.2) is 47.1 Å². The third kappa shape index (κ3) is 8.82. The minimum atomic E-state index is -0.942. The molecule has 1 unspecified atom stereocenters. The van der Waals surface area contributed by atoms with Gasteiger partial charge in [-0.15, -0.1) is 0 Å². The SMILES string of the molecule is C/C=C(\C)C(N)=O.C=C(Cl)/C(F)=C(\C(=C)F)C(NC(=O)C1CCCC1)C(CC)CC. The highest BCUT2D eigenvalue weighted by Gasteiger charge is 2.32. The van der Waals surface area contributed by atoms with Gasteiger partial charge in [0, 0.05) is 17.1 Å². The Labute approximate surface area is 184 Å². The van der Waals surface area contributed by atoms with E-state index in [1.165, 1.54) is 0 Å². The largest absolute Gasteiger partial charge is 0.366 e. The van der Waals surface area contributed by atoms with E-state index in [2.05, 4.69) is 18.5 Å². The molecule has 1 aliphatic rings. The van der Waals surface area contributed by atoms with Crippen LogP contribution in [-0.4, -0.2) is 17.9 Å². The standard InChI is InChI=1S/C18H26ClF2NO.C5H9NO/c1-5-13(6-2)17(15(12(4)20)16(21)11(3)19)22-18(23)14-9-7-8-10-14;1-3-4(2)5(6)7/h13-14,17H,3-10H2,1-2H3,(H,22,23);3H,1-2H3,(H2,6,7)/b16-15-;4-3+. The van der Waals surface area contributed by atoms with Crippen LogP contribution < -0.4 is 11.1 Å². The Balaban J connectivity index is 0.00000103. The highest BCUT2D eigenvalue weighted by atomic mass is 35.5. The zero-order chi connectivity index (χ0) is 23.4. The van der Waals surface area contributed by atoms with Gasteiger partial charge < -0.3 is 11.1 Å². The molecule has 0 heterocycles. The topological polar surface area (TPSA) is 72.2 Å². The minimum absolute atomic E-state index is 0.0803. The maximum Gasteiger partial charge on any atom is 0.243 e. The first kappa shape index (κ1) is 28.1. The van der Waals surface area contributed by atoms with Crippen LogP contribution in [0.4, 0.5) is 8.78 Å². The Morgan fingerprint density at radius 3 is 2.00 bits per heavy atom. The van der Waals surface area contributed by atoms with Crippen LogP contribution in [0.3, 0.4) is 0 Å². The Morgan fingerprint density at radius 2 is 1.70 bits per heavy atom. The number of rotatable bonds is 9. The number of carbonyl (C=O) groups is 2. The fourth-order valence-corrected chi connectivity index (χ4v) is 3.46. The molecule has 170 valence electrons. The van der Waals surface area contributed by atoms with Crippen molar-refractivity contribution in [2.75, 3.05) is 0 Å². The van der Waals surface area contributed by atoms with E-state index in [9.17, 15) is 18.4 Å². The van der Waals surface area contributed by atoms with Crippen LogP contribution >= 0.6 is 11.6 Å². The molecule has 1 atom stereocenters. The van der Waals surface area contributed by atoms with Crippen molar-refractivity contribution in [3.05, 3.63) is 47.1 Å². The number of nitrogens with two attached hydrogens (primary N) is 1. The summed E-state index contributed by atoms with van der Waals surface area (Å²) in [5.41, 5.74) is 5.16. The van der Waals surface area contributed by atoms with E-state index in [1.54, 1.807) is 19.9 Å². The maximum absolute atomic E-state index is 14.3. The van der Waals surface area contributed by atoms with Crippen molar-refractivity contribution in [1.82, 2.24) is 5.32 Å². The molecule has 1 rings (SSSR count). The van der Waals surface area contributed by atoms with Crippen LogP contribution in [0.1, 0.15) is 66.2 Å². The van der Waals surface area contributed by atoms with Gasteiger partial charge in [0.15, 0.2) is 0 Å². The molecular weight excluding hydrogens is 410 g/mol. The molecule has 0 aromatic heterocycles. The summed E-state index contributed by atoms with van der Waals surface area (Å²) in [4.78, 5) is 22.5. The van der Waals surface area contributed by atoms with E-state index >= 15 is 0 Å². The Hall–Kier alpha value is -1.95. The summed E-state index contributed by atoms with van der Waals surface area (Å²) in [5, 5.41) is 2.46. The zero-order valence-corrected chi connectivity index (χ0v) is 19.2. The van der Waals surface area contributed by atoms with Gasteiger partial charge in [0.2, 0.25) is 11.8 Å². The molecule has 7 heteroatoms. The molecule has 0 aromatic carbocycles. The second-order valence-electron chi connectivity index (χ2n) is 7.42. The number of halogens is 3. The second kappa shape index (κ2) is 14.1. The summed E-state index contributed by atoms with van der Waals surface area (Å²) < 4.78 is 28.3. The summed E-state index contributed by atoms with van der Waals surface area (Å²) in [7, 11) is 0. The third-order valence-electron chi connectivity index (χ3n) is 5.44. The van der Waals surface area contributed by atoms with Gasteiger partial charge in [-0.05, 0) is 32.6 Å². The van der Waals surface area contributed by atoms with Gasteiger partial charge in [0.1, 0.15) is 11.7 Å². The van der Waals surface area contributed by atoms with Gasteiger partial charge >= 0.3 is 0 Å². The van der Waals surface area contributed by atoms with Crippen molar-refractivity contribution in [1.29, 1.82) is 0 Å². The summed E-state index contributed by atoms with van der Waals surface area (Å²) in [6.45, 7) is 13.9. The van der Waals surface area contributed by atoms with E-state index in [0.29, 0.717) is 18.4 Å². The van der Waals surface area contributed by atoms with Gasteiger partial charge in [-0.2, -0.15) is 0 Å². The zero-order valence-electron chi connectivity index (χ0n) is 18.5. The normalized spacial score (nSPS) is 16.3. The Morgan fingerprint density at radius 1 is 1.20 bits per heavy atom. The number of amides is 2. The first-order valence-electron chi connectivity index (χ1n) is 10.3. The van der Waals surface area contributed by atoms with Gasteiger partial charge in [-0.25, -0.2) is 8.78 Å². The third-order valence-corrected chi connectivity index (χ3v) is 5.61. The summed E-state index contributed by atoms with van der Waals surface area (Å²) >= 11 is 5.62. The molecule has 0 aromatic rings. The van der Waals surface area contributed by atoms with Crippen molar-refractivity contribution in [2.24, 2.45) is 17.6 Å². The highest BCUT2D eigenvalue weighted by Crippen LogP contribution is 2.33. The molecule has 0 spiro atoms. The van der Waals surface area contributed by atoms with E-state index in [1.807, 2.05) is 13.8 Å². The molecule has 1 fully saturated rings. The van der Waals surface area contributed by atoms with Crippen LogP contribution in [0.2, 0.25) is 0 Å². The van der Waals surface area contributed by atoms with Crippen LogP contribution in [0.5, 0.6) is 0 Å². The molecule has 3 N–H and O–H groups in total. The number of carbonyl (C=O) groups excluding carboxylic acids is 2. The molecule has 1 saturated carbocycles. The molecule has 1 aliphatic carbocycles. The molecule has 4 nitrogen and oxygen atoms in total. The van der Waals surface area contributed by atoms with Crippen molar-refractivity contribution in [2.45, 2.75) is 72.3 Å². The number of hydrogen-bond donors (Lipinski definition) is 2. The quantitative estimate of drug-likeness (QED) is 0.338. The first-order valence-corrected chi connectivity index (χ1v) is 10.7. The molecule has 0 aliphatic heterocycles. The van der Waals surface area contributed by atoms with E-state index in [0.717, 1.165) is 25.7 Å². The molecular formula is C23H35ClF2N2O2. The van der Waals surface area contributed by atoms with Crippen molar-refractivity contribution >= 4 is 23.4 Å². The predicted molar refractivity (Wildman–Crippen MR) is 120 cm³/mol. The Bertz CT molecular complexity index is 691.